The van der Waals surface area contributed by atoms with Crippen LogP contribution < -0.4 is 5.32 Å². The summed E-state index contributed by atoms with van der Waals surface area (Å²) in [5.41, 5.74) is 1.13. The van der Waals surface area contributed by atoms with E-state index in [1.54, 1.807) is 0 Å². The molecule has 2 aliphatic heterocycles. The number of hydrogen-bond donors (Lipinski definition) is 1. The number of amides is 2. The molecule has 6 nitrogen and oxygen atoms in total. The van der Waals surface area contributed by atoms with Crippen LogP contribution in [0, 0.1) is 11.3 Å². The minimum Gasteiger partial charge on any atom is -0.377 e. The topological polar surface area (TPSA) is 57.7 Å². The highest BCUT2D eigenvalue weighted by Crippen LogP contribution is 2.52. The minimum absolute atomic E-state index is 0.0393. The molecule has 0 unspecified atom stereocenters. The predicted molar refractivity (Wildman–Crippen MR) is 95.0 cm³/mol. The van der Waals surface area contributed by atoms with E-state index in [9.17, 15) is 4.79 Å². The van der Waals surface area contributed by atoms with Gasteiger partial charge in [-0.2, -0.15) is 0 Å². The molecule has 25 heavy (non-hydrogen) atoms. The van der Waals surface area contributed by atoms with Crippen molar-refractivity contribution in [2.24, 2.45) is 11.3 Å². The van der Waals surface area contributed by atoms with Gasteiger partial charge in [-0.3, -0.25) is 9.88 Å². The largest absolute Gasteiger partial charge is 0.377 e. The van der Waals surface area contributed by atoms with E-state index in [0.29, 0.717) is 12.0 Å². The standard InChI is InChI=1S/C19H28N4O2/c1-19(2)16(15-6-12-25-17(15)19)21-18(24)23-10-8-22(9-11-23)13-14-5-3-4-7-20-14/h3-5,7,15-17H,6,8-13H2,1-2H3,(H,21,24)/t15-,16+,17-/m0/s1. The van der Waals surface area contributed by atoms with Crippen LogP contribution in [0.4, 0.5) is 4.79 Å². The van der Waals surface area contributed by atoms with Crippen molar-refractivity contribution in [2.45, 2.75) is 39.0 Å². The first kappa shape index (κ1) is 16.8. The molecule has 136 valence electrons. The zero-order valence-electron chi connectivity index (χ0n) is 15.1. The molecule has 3 atom stereocenters. The van der Waals surface area contributed by atoms with E-state index in [2.05, 4.69) is 35.1 Å². The molecule has 0 radical (unpaired) electrons. The van der Waals surface area contributed by atoms with E-state index in [-0.39, 0.29) is 17.5 Å². The van der Waals surface area contributed by atoms with Gasteiger partial charge in [-0.15, -0.1) is 0 Å². The molecule has 6 heteroatoms. The molecule has 2 saturated heterocycles. The van der Waals surface area contributed by atoms with Crippen LogP contribution in [0.3, 0.4) is 0 Å². The number of carbonyl (C=O) groups excluding carboxylic acids is 1. The van der Waals surface area contributed by atoms with Crippen molar-refractivity contribution >= 4 is 6.03 Å². The Morgan fingerprint density at radius 3 is 2.84 bits per heavy atom. The number of aromatic nitrogens is 1. The van der Waals surface area contributed by atoms with Crippen LogP contribution in [0.15, 0.2) is 24.4 Å². The molecule has 1 aliphatic carbocycles. The fourth-order valence-electron chi connectivity index (χ4n) is 4.67. The highest BCUT2D eigenvalue weighted by atomic mass is 16.5. The molecule has 2 amide bonds. The van der Waals surface area contributed by atoms with Crippen LogP contribution in [-0.4, -0.2) is 65.7 Å². The second-order valence-electron chi connectivity index (χ2n) is 8.08. The molecule has 0 aromatic carbocycles. The predicted octanol–water partition coefficient (Wildman–Crippen LogP) is 1.72. The maximum absolute atomic E-state index is 12.7. The van der Waals surface area contributed by atoms with Crippen LogP contribution in [0.5, 0.6) is 0 Å². The van der Waals surface area contributed by atoms with Crippen LogP contribution in [0.25, 0.3) is 0 Å². The van der Waals surface area contributed by atoms with Gasteiger partial charge in [0.25, 0.3) is 0 Å². The Morgan fingerprint density at radius 2 is 2.12 bits per heavy atom. The molecule has 1 saturated carbocycles. The lowest BCUT2D eigenvalue weighted by Gasteiger charge is -2.55. The minimum atomic E-state index is 0.0393. The summed E-state index contributed by atoms with van der Waals surface area (Å²) >= 11 is 0. The number of fused-ring (bicyclic) bond motifs is 1. The van der Waals surface area contributed by atoms with Crippen LogP contribution in [0.1, 0.15) is 26.0 Å². The summed E-state index contributed by atoms with van der Waals surface area (Å²) in [6.45, 7) is 9.43. The molecule has 3 aliphatic rings. The third-order valence-corrected chi connectivity index (χ3v) is 6.15. The summed E-state index contributed by atoms with van der Waals surface area (Å²) in [5, 5.41) is 3.29. The summed E-state index contributed by atoms with van der Waals surface area (Å²) in [7, 11) is 0. The van der Waals surface area contributed by atoms with Gasteiger partial charge in [-0.1, -0.05) is 19.9 Å². The van der Waals surface area contributed by atoms with Gasteiger partial charge in [0.1, 0.15) is 0 Å². The van der Waals surface area contributed by atoms with Crippen molar-refractivity contribution in [3.05, 3.63) is 30.1 Å². The zero-order valence-corrected chi connectivity index (χ0v) is 15.1. The number of rotatable bonds is 3. The number of piperazine rings is 1. The van der Waals surface area contributed by atoms with Crippen molar-refractivity contribution in [3.8, 4) is 0 Å². The Kier molecular flexibility index (Phi) is 4.41. The van der Waals surface area contributed by atoms with Crippen molar-refractivity contribution in [1.29, 1.82) is 0 Å². The first-order valence-corrected chi connectivity index (χ1v) is 9.35. The Morgan fingerprint density at radius 1 is 1.32 bits per heavy atom. The monoisotopic (exact) mass is 344 g/mol. The highest BCUT2D eigenvalue weighted by molar-refractivity contribution is 5.75. The molecule has 1 aromatic heterocycles. The fraction of sp³-hybridized carbons (Fsp3) is 0.684. The van der Waals surface area contributed by atoms with Crippen molar-refractivity contribution in [1.82, 2.24) is 20.1 Å². The van der Waals surface area contributed by atoms with E-state index in [1.807, 2.05) is 23.2 Å². The SMILES string of the molecule is CC1(C)[C@H](NC(=O)N2CCN(Cc3ccccn3)CC2)[C@@H]2CCO[C@@H]21. The molecule has 3 heterocycles. The summed E-state index contributed by atoms with van der Waals surface area (Å²) in [6.07, 6.45) is 3.21. The zero-order chi connectivity index (χ0) is 17.4. The number of ether oxygens (including phenoxy) is 1. The van der Waals surface area contributed by atoms with Crippen LogP contribution in [-0.2, 0) is 11.3 Å². The van der Waals surface area contributed by atoms with Gasteiger partial charge in [0.15, 0.2) is 0 Å². The Bertz CT molecular complexity index is 613. The van der Waals surface area contributed by atoms with E-state index in [1.165, 1.54) is 0 Å². The summed E-state index contributed by atoms with van der Waals surface area (Å²) < 4.78 is 5.82. The second-order valence-corrected chi connectivity index (χ2v) is 8.08. The van der Waals surface area contributed by atoms with Crippen molar-refractivity contribution < 1.29 is 9.53 Å². The van der Waals surface area contributed by atoms with E-state index in [0.717, 1.165) is 51.4 Å². The molecule has 4 rings (SSSR count). The van der Waals surface area contributed by atoms with E-state index < -0.39 is 0 Å². The number of urea groups is 1. The number of nitrogens with one attached hydrogen (secondary N) is 1. The molecule has 0 bridgehead atoms. The smallest absolute Gasteiger partial charge is 0.317 e. The molecule has 3 fully saturated rings. The quantitative estimate of drug-likeness (QED) is 0.907. The lowest BCUT2D eigenvalue weighted by Crippen LogP contribution is -2.68. The normalized spacial score (nSPS) is 31.3. The maximum Gasteiger partial charge on any atom is 0.317 e. The Labute approximate surface area is 149 Å². The summed E-state index contributed by atoms with van der Waals surface area (Å²) in [5.74, 6) is 0.490. The van der Waals surface area contributed by atoms with Gasteiger partial charge in [0, 0.05) is 62.9 Å². The van der Waals surface area contributed by atoms with Gasteiger partial charge < -0.3 is 15.0 Å². The van der Waals surface area contributed by atoms with Gasteiger partial charge in [-0.25, -0.2) is 4.79 Å². The molecular formula is C19H28N4O2. The number of carbonyl (C=O) groups is 1. The fourth-order valence-corrected chi connectivity index (χ4v) is 4.67. The lowest BCUT2D eigenvalue weighted by atomic mass is 9.57. The van der Waals surface area contributed by atoms with Gasteiger partial charge in [0.2, 0.25) is 0 Å². The molecule has 1 aromatic rings. The second kappa shape index (κ2) is 6.57. The van der Waals surface area contributed by atoms with E-state index in [4.69, 9.17) is 4.74 Å². The van der Waals surface area contributed by atoms with Gasteiger partial charge >= 0.3 is 6.03 Å². The first-order valence-electron chi connectivity index (χ1n) is 9.35. The number of nitrogens with zero attached hydrogens (tertiary/aromatic N) is 3. The average Bonchev–Trinajstić information content (AvgIpc) is 3.08. The molecular weight excluding hydrogens is 316 g/mol. The maximum atomic E-state index is 12.7. The highest BCUT2D eigenvalue weighted by Gasteiger charge is 2.60. The number of hydrogen-bond acceptors (Lipinski definition) is 4. The molecule has 0 spiro atoms. The third-order valence-electron chi connectivity index (χ3n) is 6.15. The van der Waals surface area contributed by atoms with Crippen molar-refractivity contribution in [3.63, 3.8) is 0 Å². The Balaban J connectivity index is 1.27. The van der Waals surface area contributed by atoms with Crippen molar-refractivity contribution in [2.75, 3.05) is 32.8 Å². The summed E-state index contributed by atoms with van der Waals surface area (Å²) in [4.78, 5) is 21.4. The molecule has 1 N–H and O–H groups in total. The third kappa shape index (κ3) is 3.13. The van der Waals surface area contributed by atoms with Gasteiger partial charge in [-0.05, 0) is 18.6 Å². The lowest BCUT2D eigenvalue weighted by molar-refractivity contribution is -0.109. The Hall–Kier alpha value is -1.66. The summed E-state index contributed by atoms with van der Waals surface area (Å²) in [6, 6.07) is 6.33. The van der Waals surface area contributed by atoms with Crippen LogP contribution in [0.2, 0.25) is 0 Å². The van der Waals surface area contributed by atoms with Crippen LogP contribution >= 0.6 is 0 Å². The van der Waals surface area contributed by atoms with Gasteiger partial charge in [0.05, 0.1) is 11.8 Å². The van der Waals surface area contributed by atoms with E-state index >= 15 is 0 Å². The number of pyridine rings is 1. The average molecular weight is 344 g/mol. The first-order chi connectivity index (χ1) is 12.1.